The van der Waals surface area contributed by atoms with Gasteiger partial charge in [-0.15, -0.1) is 0 Å². The fourth-order valence-electron chi connectivity index (χ4n) is 1.99. The van der Waals surface area contributed by atoms with Crippen LogP contribution in [0, 0.1) is 0 Å². The molecular formula is C16H18ClNO5. The number of hydrogen-bond acceptors (Lipinski definition) is 5. The lowest BCUT2D eigenvalue weighted by Crippen LogP contribution is -2.32. The molecule has 0 atom stereocenters. The van der Waals surface area contributed by atoms with Crippen LogP contribution in [0.4, 0.5) is 4.79 Å². The predicted octanol–water partition coefficient (Wildman–Crippen LogP) is 3.90. The molecular weight excluding hydrogens is 322 g/mol. The van der Waals surface area contributed by atoms with Gasteiger partial charge >= 0.3 is 12.1 Å². The van der Waals surface area contributed by atoms with Gasteiger partial charge in [-0.1, -0.05) is 11.6 Å². The molecule has 0 spiro atoms. The van der Waals surface area contributed by atoms with Crippen LogP contribution in [0.3, 0.4) is 0 Å². The number of carbonyl (C=O) groups is 2. The molecule has 2 aromatic rings. The minimum atomic E-state index is -0.580. The van der Waals surface area contributed by atoms with Crippen molar-refractivity contribution in [2.24, 2.45) is 0 Å². The summed E-state index contributed by atoms with van der Waals surface area (Å²) in [5.74, 6) is -0.0724. The van der Waals surface area contributed by atoms with Crippen molar-refractivity contribution in [3.05, 3.63) is 34.5 Å². The maximum absolute atomic E-state index is 11.8. The number of benzene rings is 1. The first kappa shape index (κ1) is 17.1. The number of carbonyl (C=O) groups excluding carboxylic acids is 2. The van der Waals surface area contributed by atoms with Crippen molar-refractivity contribution >= 4 is 34.6 Å². The van der Waals surface area contributed by atoms with Crippen LogP contribution in [-0.2, 0) is 16.0 Å². The first-order valence-electron chi connectivity index (χ1n) is 6.97. The van der Waals surface area contributed by atoms with E-state index >= 15 is 0 Å². The Bertz CT molecular complexity index is 745. The molecule has 124 valence electrons. The molecule has 0 radical (unpaired) electrons. The van der Waals surface area contributed by atoms with E-state index in [2.05, 4.69) is 5.32 Å². The zero-order valence-electron chi connectivity index (χ0n) is 13.4. The second-order valence-corrected chi connectivity index (χ2v) is 6.37. The van der Waals surface area contributed by atoms with E-state index in [-0.39, 0.29) is 12.1 Å². The van der Waals surface area contributed by atoms with E-state index in [4.69, 9.17) is 25.5 Å². The highest BCUT2D eigenvalue weighted by Gasteiger charge is 2.18. The van der Waals surface area contributed by atoms with Crippen molar-refractivity contribution < 1.29 is 23.5 Å². The van der Waals surface area contributed by atoms with Crippen LogP contribution in [0.1, 0.15) is 36.9 Å². The number of amides is 1. The van der Waals surface area contributed by atoms with E-state index in [1.165, 1.54) is 13.2 Å². The Morgan fingerprint density at radius 3 is 2.57 bits per heavy atom. The van der Waals surface area contributed by atoms with E-state index in [9.17, 15) is 9.59 Å². The number of methoxy groups -OCH3 is 1. The molecule has 7 heteroatoms. The van der Waals surface area contributed by atoms with Crippen LogP contribution >= 0.6 is 11.6 Å². The maximum Gasteiger partial charge on any atom is 0.408 e. The molecule has 1 aromatic carbocycles. The second-order valence-electron chi connectivity index (χ2n) is 5.93. The molecule has 1 N–H and O–H groups in total. The summed E-state index contributed by atoms with van der Waals surface area (Å²) >= 11 is 6.00. The number of hydrogen-bond donors (Lipinski definition) is 1. The highest BCUT2D eigenvalue weighted by molar-refractivity contribution is 6.32. The fraction of sp³-hybridized carbons (Fsp3) is 0.375. The number of esters is 1. The van der Waals surface area contributed by atoms with E-state index in [0.717, 1.165) is 0 Å². The smallest absolute Gasteiger partial charge is 0.408 e. The molecule has 0 aliphatic heterocycles. The van der Waals surface area contributed by atoms with Gasteiger partial charge in [-0.25, -0.2) is 9.59 Å². The standard InChI is InChI=1S/C16H18ClNO5/c1-16(2,3)23-15(20)18-8-11-6-9-5-10(17)7-12(13(9)22-11)14(19)21-4/h5-7H,8H2,1-4H3,(H,18,20). The lowest BCUT2D eigenvalue weighted by atomic mass is 10.1. The average molecular weight is 340 g/mol. The molecule has 0 unspecified atom stereocenters. The van der Waals surface area contributed by atoms with Gasteiger partial charge in [0.1, 0.15) is 22.5 Å². The molecule has 23 heavy (non-hydrogen) atoms. The normalized spacial score (nSPS) is 11.3. The van der Waals surface area contributed by atoms with Crippen LogP contribution in [0.15, 0.2) is 22.6 Å². The third-order valence-corrected chi connectivity index (χ3v) is 3.06. The zero-order valence-corrected chi connectivity index (χ0v) is 14.1. The van der Waals surface area contributed by atoms with Gasteiger partial charge in [0.15, 0.2) is 0 Å². The Hall–Kier alpha value is -2.21. The summed E-state index contributed by atoms with van der Waals surface area (Å²) in [5.41, 5.74) is 0.0181. The first-order chi connectivity index (χ1) is 10.7. The number of halogens is 1. The minimum Gasteiger partial charge on any atom is -0.465 e. The van der Waals surface area contributed by atoms with Gasteiger partial charge in [0.2, 0.25) is 0 Å². The number of ether oxygens (including phenoxy) is 2. The van der Waals surface area contributed by atoms with Crippen molar-refractivity contribution in [3.63, 3.8) is 0 Å². The second kappa shape index (κ2) is 6.50. The molecule has 1 amide bonds. The van der Waals surface area contributed by atoms with Crippen molar-refractivity contribution in [2.45, 2.75) is 32.9 Å². The summed E-state index contributed by atoms with van der Waals surface area (Å²) in [6, 6.07) is 4.85. The van der Waals surface area contributed by atoms with E-state index in [0.29, 0.717) is 21.8 Å². The Morgan fingerprint density at radius 1 is 1.26 bits per heavy atom. The third-order valence-electron chi connectivity index (χ3n) is 2.84. The Labute approximate surface area is 138 Å². The van der Waals surface area contributed by atoms with Gasteiger partial charge in [-0.2, -0.15) is 0 Å². The topological polar surface area (TPSA) is 77.8 Å². The molecule has 1 heterocycles. The molecule has 0 saturated heterocycles. The van der Waals surface area contributed by atoms with Gasteiger partial charge in [-0.3, -0.25) is 0 Å². The van der Waals surface area contributed by atoms with Crippen molar-refractivity contribution in [2.75, 3.05) is 7.11 Å². The van der Waals surface area contributed by atoms with Crippen LogP contribution in [0.25, 0.3) is 11.0 Å². The third kappa shape index (κ3) is 4.39. The molecule has 0 saturated carbocycles. The van der Waals surface area contributed by atoms with Gasteiger partial charge in [0.25, 0.3) is 0 Å². The summed E-state index contributed by atoms with van der Waals surface area (Å²) < 4.78 is 15.5. The van der Waals surface area contributed by atoms with Crippen molar-refractivity contribution in [3.8, 4) is 0 Å². The molecule has 0 bridgehead atoms. The van der Waals surface area contributed by atoms with Gasteiger partial charge in [0.05, 0.1) is 13.7 Å². The Balaban J connectivity index is 2.20. The molecule has 0 aliphatic rings. The Kier molecular flexibility index (Phi) is 4.85. The van der Waals surface area contributed by atoms with Crippen LogP contribution < -0.4 is 5.32 Å². The quantitative estimate of drug-likeness (QED) is 0.858. The number of fused-ring (bicyclic) bond motifs is 1. The molecule has 0 aliphatic carbocycles. The number of alkyl carbamates (subject to hydrolysis) is 1. The zero-order chi connectivity index (χ0) is 17.2. The van der Waals surface area contributed by atoms with Crippen LogP contribution in [-0.4, -0.2) is 24.8 Å². The largest absolute Gasteiger partial charge is 0.465 e. The molecule has 1 aromatic heterocycles. The Morgan fingerprint density at radius 2 is 1.96 bits per heavy atom. The molecule has 2 rings (SSSR count). The van der Waals surface area contributed by atoms with E-state index < -0.39 is 17.7 Å². The monoisotopic (exact) mass is 339 g/mol. The SMILES string of the molecule is COC(=O)c1cc(Cl)cc2cc(CNC(=O)OC(C)(C)C)oc12. The van der Waals surface area contributed by atoms with E-state index in [1.807, 2.05) is 0 Å². The lowest BCUT2D eigenvalue weighted by Gasteiger charge is -2.19. The summed E-state index contributed by atoms with van der Waals surface area (Å²) in [6.45, 7) is 5.46. The molecule has 6 nitrogen and oxygen atoms in total. The highest BCUT2D eigenvalue weighted by Crippen LogP contribution is 2.28. The summed E-state index contributed by atoms with van der Waals surface area (Å²) in [4.78, 5) is 23.4. The summed E-state index contributed by atoms with van der Waals surface area (Å²) in [5, 5.41) is 3.64. The maximum atomic E-state index is 11.8. The average Bonchev–Trinajstić information content (AvgIpc) is 2.84. The van der Waals surface area contributed by atoms with Gasteiger partial charge in [0, 0.05) is 10.4 Å². The lowest BCUT2D eigenvalue weighted by molar-refractivity contribution is 0.0518. The predicted molar refractivity (Wildman–Crippen MR) is 85.6 cm³/mol. The minimum absolute atomic E-state index is 0.127. The summed E-state index contributed by atoms with van der Waals surface area (Å²) in [7, 11) is 1.28. The number of nitrogens with one attached hydrogen (secondary N) is 1. The molecule has 0 fully saturated rings. The van der Waals surface area contributed by atoms with Crippen molar-refractivity contribution in [1.82, 2.24) is 5.32 Å². The first-order valence-corrected chi connectivity index (χ1v) is 7.34. The van der Waals surface area contributed by atoms with E-state index in [1.54, 1.807) is 32.9 Å². The van der Waals surface area contributed by atoms with Crippen LogP contribution in [0.2, 0.25) is 5.02 Å². The van der Waals surface area contributed by atoms with Gasteiger partial charge < -0.3 is 19.2 Å². The summed E-state index contributed by atoms with van der Waals surface area (Å²) in [6.07, 6.45) is -0.552. The highest BCUT2D eigenvalue weighted by atomic mass is 35.5. The fourth-order valence-corrected chi connectivity index (χ4v) is 2.22. The number of furan rings is 1. The van der Waals surface area contributed by atoms with Crippen molar-refractivity contribution in [1.29, 1.82) is 0 Å². The van der Waals surface area contributed by atoms with Crippen LogP contribution in [0.5, 0.6) is 0 Å². The van der Waals surface area contributed by atoms with Gasteiger partial charge in [-0.05, 0) is 39.0 Å². The number of rotatable bonds is 3.